The molecule has 1 amide bonds. The molecule has 17 heavy (non-hydrogen) atoms. The van der Waals surface area contributed by atoms with Crippen LogP contribution in [0.5, 0.6) is 0 Å². The Morgan fingerprint density at radius 1 is 1.35 bits per heavy atom. The Bertz CT molecular complexity index is 305. The molecule has 0 aromatic heterocycles. The van der Waals surface area contributed by atoms with Gasteiger partial charge in [0.05, 0.1) is 6.04 Å². The summed E-state index contributed by atoms with van der Waals surface area (Å²) in [6.45, 7) is 8.67. The maximum absolute atomic E-state index is 11.8. The van der Waals surface area contributed by atoms with Crippen LogP contribution in [0.2, 0.25) is 0 Å². The summed E-state index contributed by atoms with van der Waals surface area (Å²) in [6.07, 6.45) is 2.90. The molecule has 1 saturated heterocycles. The monoisotopic (exact) mass is 238 g/mol. The second-order valence-corrected chi connectivity index (χ2v) is 4.95. The molecular weight excluding hydrogens is 216 g/mol. The summed E-state index contributed by atoms with van der Waals surface area (Å²) >= 11 is 0. The van der Waals surface area contributed by atoms with E-state index in [1.807, 2.05) is 18.7 Å². The van der Waals surface area contributed by atoms with Gasteiger partial charge in [0, 0.05) is 19.0 Å². The predicted molar refractivity (Wildman–Crippen MR) is 67.3 cm³/mol. The average molecular weight is 238 g/mol. The Morgan fingerprint density at radius 2 is 1.88 bits per heavy atom. The van der Waals surface area contributed by atoms with Gasteiger partial charge in [0.15, 0.2) is 5.78 Å². The molecule has 1 rings (SSSR count). The van der Waals surface area contributed by atoms with Crippen LogP contribution >= 0.6 is 0 Å². The molecule has 96 valence electrons. The number of carbonyl (C=O) groups excluding carboxylic acids is 2. The Labute approximate surface area is 103 Å². The maximum atomic E-state index is 11.8. The molecule has 1 fully saturated rings. The maximum Gasteiger partial charge on any atom is 0.225 e. The van der Waals surface area contributed by atoms with Gasteiger partial charge in [-0.1, -0.05) is 20.4 Å². The average Bonchev–Trinajstić information content (AvgIpc) is 2.36. The first-order chi connectivity index (χ1) is 7.97. The normalized spacial score (nSPS) is 19.2. The number of likely N-dealkylation sites (tertiary alicyclic amines) is 1. The summed E-state index contributed by atoms with van der Waals surface area (Å²) in [5, 5.41) is 0. The van der Waals surface area contributed by atoms with Crippen LogP contribution in [0.1, 0.15) is 26.7 Å². The zero-order valence-electron chi connectivity index (χ0n) is 10.7. The minimum atomic E-state index is -0.455. The van der Waals surface area contributed by atoms with Gasteiger partial charge in [-0.15, -0.1) is 0 Å². The molecule has 4 nitrogen and oxygen atoms in total. The van der Waals surface area contributed by atoms with Crippen molar-refractivity contribution in [2.75, 3.05) is 13.1 Å². The molecule has 0 saturated carbocycles. The lowest BCUT2D eigenvalue weighted by atomic mass is 9.87. The summed E-state index contributed by atoms with van der Waals surface area (Å²) < 4.78 is 0. The van der Waals surface area contributed by atoms with Crippen LogP contribution in [-0.4, -0.2) is 35.7 Å². The molecule has 1 aliphatic heterocycles. The third-order valence-corrected chi connectivity index (χ3v) is 3.38. The van der Waals surface area contributed by atoms with Crippen LogP contribution in [0.25, 0.3) is 0 Å². The topological polar surface area (TPSA) is 63.4 Å². The Morgan fingerprint density at radius 3 is 2.29 bits per heavy atom. The summed E-state index contributed by atoms with van der Waals surface area (Å²) in [6, 6.07) is -0.455. The number of carbonyl (C=O) groups is 2. The fourth-order valence-electron chi connectivity index (χ4n) is 2.21. The van der Waals surface area contributed by atoms with Crippen LogP contribution < -0.4 is 5.73 Å². The van der Waals surface area contributed by atoms with Crippen molar-refractivity contribution >= 4 is 11.7 Å². The standard InChI is InChI=1S/C13H22N2O2/c1-4-11(16)12(14)10-5-7-15(8-6-10)13(17)9(2)3/h4,9-10,12H,1,5-8,14H2,2-3H3. The van der Waals surface area contributed by atoms with Gasteiger partial charge >= 0.3 is 0 Å². The molecule has 0 aromatic carbocycles. The highest BCUT2D eigenvalue weighted by Crippen LogP contribution is 2.21. The molecule has 0 radical (unpaired) electrons. The SMILES string of the molecule is C=CC(=O)C(N)C1CCN(C(=O)C(C)C)CC1. The number of hydrogen-bond donors (Lipinski definition) is 1. The third-order valence-electron chi connectivity index (χ3n) is 3.38. The van der Waals surface area contributed by atoms with Crippen LogP contribution in [0, 0.1) is 11.8 Å². The highest BCUT2D eigenvalue weighted by atomic mass is 16.2. The van der Waals surface area contributed by atoms with Gasteiger partial charge in [-0.25, -0.2) is 0 Å². The number of amides is 1. The van der Waals surface area contributed by atoms with Crippen LogP contribution in [0.4, 0.5) is 0 Å². The molecule has 0 spiro atoms. The Hall–Kier alpha value is -1.16. The molecule has 0 aliphatic carbocycles. The second-order valence-electron chi connectivity index (χ2n) is 4.95. The van der Waals surface area contributed by atoms with Crippen molar-refractivity contribution < 1.29 is 9.59 Å². The summed E-state index contributed by atoms with van der Waals surface area (Å²) in [5.74, 6) is 0.303. The van der Waals surface area contributed by atoms with E-state index in [1.54, 1.807) is 0 Å². The molecule has 4 heteroatoms. The van der Waals surface area contributed by atoms with Crippen LogP contribution in [-0.2, 0) is 9.59 Å². The zero-order chi connectivity index (χ0) is 13.0. The first-order valence-corrected chi connectivity index (χ1v) is 6.18. The fraction of sp³-hybridized carbons (Fsp3) is 0.692. The van der Waals surface area contributed by atoms with Crippen molar-refractivity contribution in [1.29, 1.82) is 0 Å². The van der Waals surface area contributed by atoms with Gasteiger partial charge in [-0.3, -0.25) is 9.59 Å². The van der Waals surface area contributed by atoms with Gasteiger partial charge in [-0.2, -0.15) is 0 Å². The third kappa shape index (κ3) is 3.40. The van der Waals surface area contributed by atoms with Crippen molar-refractivity contribution in [2.45, 2.75) is 32.7 Å². The van der Waals surface area contributed by atoms with E-state index in [0.717, 1.165) is 12.8 Å². The summed E-state index contributed by atoms with van der Waals surface area (Å²) in [7, 11) is 0. The minimum Gasteiger partial charge on any atom is -0.342 e. The minimum absolute atomic E-state index is 0.0371. The van der Waals surface area contributed by atoms with Crippen LogP contribution in [0.15, 0.2) is 12.7 Å². The molecule has 1 unspecified atom stereocenters. The van der Waals surface area contributed by atoms with E-state index in [-0.39, 0.29) is 23.5 Å². The molecule has 1 atom stereocenters. The number of ketones is 1. The first-order valence-electron chi connectivity index (χ1n) is 6.18. The van der Waals surface area contributed by atoms with Crippen LogP contribution in [0.3, 0.4) is 0 Å². The number of nitrogens with two attached hydrogens (primary N) is 1. The highest BCUT2D eigenvalue weighted by molar-refractivity contribution is 5.93. The first kappa shape index (κ1) is 13.9. The molecular formula is C13H22N2O2. The quantitative estimate of drug-likeness (QED) is 0.742. The lowest BCUT2D eigenvalue weighted by molar-refractivity contribution is -0.136. The van der Waals surface area contributed by atoms with Gasteiger partial charge in [0.1, 0.15) is 0 Å². The molecule has 1 heterocycles. The van der Waals surface area contributed by atoms with Crippen molar-refractivity contribution in [1.82, 2.24) is 4.90 Å². The smallest absolute Gasteiger partial charge is 0.225 e. The fourth-order valence-corrected chi connectivity index (χ4v) is 2.21. The highest BCUT2D eigenvalue weighted by Gasteiger charge is 2.29. The predicted octanol–water partition coefficient (Wildman–Crippen LogP) is 0.963. The van der Waals surface area contributed by atoms with E-state index in [2.05, 4.69) is 6.58 Å². The molecule has 1 aliphatic rings. The largest absolute Gasteiger partial charge is 0.342 e. The molecule has 2 N–H and O–H groups in total. The van der Waals surface area contributed by atoms with Crippen molar-refractivity contribution in [3.8, 4) is 0 Å². The number of hydrogen-bond acceptors (Lipinski definition) is 3. The lowest BCUT2D eigenvalue weighted by Gasteiger charge is -2.34. The van der Waals surface area contributed by atoms with E-state index >= 15 is 0 Å². The summed E-state index contributed by atoms with van der Waals surface area (Å²) in [4.78, 5) is 25.1. The number of nitrogens with zero attached hydrogens (tertiary/aromatic N) is 1. The summed E-state index contributed by atoms with van der Waals surface area (Å²) in [5.41, 5.74) is 5.86. The van der Waals surface area contributed by atoms with Crippen molar-refractivity contribution in [3.05, 3.63) is 12.7 Å². The number of piperidine rings is 1. The van der Waals surface area contributed by atoms with Gasteiger partial charge in [0.25, 0.3) is 0 Å². The molecule has 0 bridgehead atoms. The van der Waals surface area contributed by atoms with E-state index in [1.165, 1.54) is 6.08 Å². The van der Waals surface area contributed by atoms with Gasteiger partial charge in [-0.05, 0) is 24.8 Å². The van der Waals surface area contributed by atoms with Crippen molar-refractivity contribution in [3.63, 3.8) is 0 Å². The molecule has 0 aromatic rings. The zero-order valence-corrected chi connectivity index (χ0v) is 10.7. The number of rotatable bonds is 4. The van der Waals surface area contributed by atoms with Gasteiger partial charge in [0.2, 0.25) is 5.91 Å². The van der Waals surface area contributed by atoms with E-state index in [0.29, 0.717) is 13.1 Å². The second kappa shape index (κ2) is 5.96. The van der Waals surface area contributed by atoms with E-state index in [4.69, 9.17) is 5.73 Å². The van der Waals surface area contributed by atoms with E-state index < -0.39 is 6.04 Å². The Kier molecular flexibility index (Phi) is 4.87. The van der Waals surface area contributed by atoms with E-state index in [9.17, 15) is 9.59 Å². The van der Waals surface area contributed by atoms with Gasteiger partial charge < -0.3 is 10.6 Å². The van der Waals surface area contributed by atoms with Crippen molar-refractivity contribution in [2.24, 2.45) is 17.6 Å². The Balaban J connectivity index is 2.48. The lowest BCUT2D eigenvalue weighted by Crippen LogP contribution is -2.46.